The number of aromatic nitrogens is 2. The summed E-state index contributed by atoms with van der Waals surface area (Å²) in [6, 6.07) is 6.08. The summed E-state index contributed by atoms with van der Waals surface area (Å²) in [6.45, 7) is 5.17. The molecule has 1 aromatic heterocycles. The average Bonchev–Trinajstić information content (AvgIpc) is 3.10. The molecule has 0 radical (unpaired) electrons. The quantitative estimate of drug-likeness (QED) is 0.904. The first-order chi connectivity index (χ1) is 12.3. The summed E-state index contributed by atoms with van der Waals surface area (Å²) in [7, 11) is 1.79. The number of hydrogen-bond acceptors (Lipinski definition) is 5. The zero-order chi connectivity index (χ0) is 17.1. The van der Waals surface area contributed by atoms with Gasteiger partial charge in [-0.25, -0.2) is 0 Å². The average molecular weight is 343 g/mol. The summed E-state index contributed by atoms with van der Waals surface area (Å²) < 4.78 is 16.7. The number of methoxy groups -OCH3 is 1. The van der Waals surface area contributed by atoms with Crippen LogP contribution >= 0.6 is 0 Å². The molecule has 2 aliphatic heterocycles. The number of ether oxygens (including phenoxy) is 3. The van der Waals surface area contributed by atoms with E-state index < -0.39 is 0 Å². The molecule has 4 rings (SSSR count). The van der Waals surface area contributed by atoms with Crippen LogP contribution in [0.5, 0.6) is 11.5 Å². The molecule has 1 atom stereocenters. The van der Waals surface area contributed by atoms with Crippen molar-refractivity contribution in [3.8, 4) is 22.8 Å². The Bertz CT molecular complexity index is 714. The lowest BCUT2D eigenvalue weighted by Gasteiger charge is -2.32. The number of fused-ring (bicyclic) bond motifs is 1. The van der Waals surface area contributed by atoms with Crippen molar-refractivity contribution in [1.29, 1.82) is 0 Å². The van der Waals surface area contributed by atoms with Crippen molar-refractivity contribution in [3.63, 3.8) is 0 Å². The largest absolute Gasteiger partial charge is 0.486 e. The molecule has 0 aliphatic carbocycles. The Labute approximate surface area is 148 Å². The van der Waals surface area contributed by atoms with Gasteiger partial charge in [-0.3, -0.25) is 10.00 Å². The van der Waals surface area contributed by atoms with E-state index in [-0.39, 0.29) is 0 Å². The molecule has 6 nitrogen and oxygen atoms in total. The number of aromatic amines is 1. The second-order valence-corrected chi connectivity index (χ2v) is 6.83. The van der Waals surface area contributed by atoms with Gasteiger partial charge in [0.05, 0.1) is 18.5 Å². The van der Waals surface area contributed by atoms with Crippen LogP contribution in [0.15, 0.2) is 24.4 Å². The van der Waals surface area contributed by atoms with Crippen LogP contribution in [0.3, 0.4) is 0 Å². The number of benzene rings is 1. The predicted molar refractivity (Wildman–Crippen MR) is 94.9 cm³/mol. The van der Waals surface area contributed by atoms with E-state index in [1.807, 2.05) is 18.3 Å². The Morgan fingerprint density at radius 2 is 2.16 bits per heavy atom. The maximum atomic E-state index is 5.71. The van der Waals surface area contributed by atoms with Gasteiger partial charge in [0, 0.05) is 31.3 Å². The molecule has 25 heavy (non-hydrogen) atoms. The molecule has 0 bridgehead atoms. The van der Waals surface area contributed by atoms with Crippen LogP contribution in [-0.2, 0) is 11.3 Å². The highest BCUT2D eigenvalue weighted by Gasteiger charge is 2.22. The van der Waals surface area contributed by atoms with Crippen LogP contribution in [0.25, 0.3) is 11.3 Å². The van der Waals surface area contributed by atoms with E-state index in [0.717, 1.165) is 49.0 Å². The number of hydrogen-bond donors (Lipinski definition) is 1. The molecule has 1 unspecified atom stereocenters. The second-order valence-electron chi connectivity index (χ2n) is 6.83. The third-order valence-corrected chi connectivity index (χ3v) is 4.95. The highest BCUT2D eigenvalue weighted by molar-refractivity contribution is 5.66. The molecular weight excluding hydrogens is 318 g/mol. The van der Waals surface area contributed by atoms with Crippen LogP contribution in [0.2, 0.25) is 0 Å². The molecule has 1 aromatic carbocycles. The van der Waals surface area contributed by atoms with Gasteiger partial charge in [-0.2, -0.15) is 5.10 Å². The highest BCUT2D eigenvalue weighted by Crippen LogP contribution is 2.35. The first-order valence-electron chi connectivity index (χ1n) is 8.97. The van der Waals surface area contributed by atoms with Gasteiger partial charge in [-0.15, -0.1) is 0 Å². The van der Waals surface area contributed by atoms with Gasteiger partial charge >= 0.3 is 0 Å². The summed E-state index contributed by atoms with van der Waals surface area (Å²) in [5, 5.41) is 7.44. The van der Waals surface area contributed by atoms with E-state index >= 15 is 0 Å². The maximum absolute atomic E-state index is 5.71. The summed E-state index contributed by atoms with van der Waals surface area (Å²) >= 11 is 0. The second kappa shape index (κ2) is 7.45. The molecule has 0 spiro atoms. The van der Waals surface area contributed by atoms with Crippen LogP contribution in [0.1, 0.15) is 18.4 Å². The fourth-order valence-corrected chi connectivity index (χ4v) is 3.79. The first-order valence-corrected chi connectivity index (χ1v) is 8.97. The van der Waals surface area contributed by atoms with Crippen molar-refractivity contribution in [3.05, 3.63) is 30.0 Å². The third-order valence-electron chi connectivity index (χ3n) is 4.95. The van der Waals surface area contributed by atoms with Crippen molar-refractivity contribution >= 4 is 0 Å². The first kappa shape index (κ1) is 16.4. The van der Waals surface area contributed by atoms with Gasteiger partial charge in [-0.05, 0) is 43.5 Å². The molecular formula is C19H25N3O3. The summed E-state index contributed by atoms with van der Waals surface area (Å²) in [4.78, 5) is 2.50. The molecule has 0 saturated carbocycles. The summed E-state index contributed by atoms with van der Waals surface area (Å²) in [5.74, 6) is 2.25. The van der Waals surface area contributed by atoms with Crippen LogP contribution in [0, 0.1) is 5.92 Å². The standard InChI is InChI=1S/C19H25N3O3/c1-23-13-14-3-2-6-22(11-14)12-16-10-20-21-19(16)15-4-5-17-18(9-15)25-8-7-24-17/h4-5,9-10,14H,2-3,6-8,11-13H2,1H3,(H,20,21). The molecule has 134 valence electrons. The molecule has 3 heterocycles. The molecule has 2 aromatic rings. The molecule has 6 heteroatoms. The van der Waals surface area contributed by atoms with Gasteiger partial charge < -0.3 is 14.2 Å². The Morgan fingerprint density at radius 1 is 1.28 bits per heavy atom. The topological polar surface area (TPSA) is 59.6 Å². The smallest absolute Gasteiger partial charge is 0.162 e. The van der Waals surface area contributed by atoms with Crippen molar-refractivity contribution in [2.75, 3.05) is 40.0 Å². The Hall–Kier alpha value is -2.05. The summed E-state index contributed by atoms with van der Waals surface area (Å²) in [5.41, 5.74) is 3.36. The third kappa shape index (κ3) is 3.65. The number of nitrogens with one attached hydrogen (secondary N) is 1. The lowest BCUT2D eigenvalue weighted by Crippen LogP contribution is -2.36. The van der Waals surface area contributed by atoms with Crippen LogP contribution in [0.4, 0.5) is 0 Å². The van der Waals surface area contributed by atoms with Gasteiger partial charge in [-0.1, -0.05) is 0 Å². The van der Waals surface area contributed by atoms with Gasteiger partial charge in [0.15, 0.2) is 11.5 Å². The van der Waals surface area contributed by atoms with E-state index in [1.165, 1.54) is 18.4 Å². The van der Waals surface area contributed by atoms with Crippen molar-refractivity contribution in [2.24, 2.45) is 5.92 Å². The monoisotopic (exact) mass is 343 g/mol. The van der Waals surface area contributed by atoms with E-state index in [2.05, 4.69) is 21.2 Å². The Morgan fingerprint density at radius 3 is 3.04 bits per heavy atom. The normalized spacial score (nSPS) is 20.6. The van der Waals surface area contributed by atoms with Crippen molar-refractivity contribution < 1.29 is 14.2 Å². The van der Waals surface area contributed by atoms with Crippen LogP contribution in [-0.4, -0.2) is 55.1 Å². The molecule has 1 saturated heterocycles. The lowest BCUT2D eigenvalue weighted by molar-refractivity contribution is 0.0874. The van der Waals surface area contributed by atoms with Gasteiger partial charge in [0.25, 0.3) is 0 Å². The molecule has 1 N–H and O–H groups in total. The molecule has 1 fully saturated rings. The van der Waals surface area contributed by atoms with Gasteiger partial charge in [0.2, 0.25) is 0 Å². The maximum Gasteiger partial charge on any atom is 0.162 e. The number of likely N-dealkylation sites (tertiary alicyclic amines) is 1. The molecule has 0 amide bonds. The number of piperidine rings is 1. The minimum atomic E-state index is 0.598. The fourth-order valence-electron chi connectivity index (χ4n) is 3.79. The SMILES string of the molecule is COCC1CCCN(Cc2cn[nH]c2-c2ccc3c(c2)OCCO3)C1. The van der Waals surface area contributed by atoms with Crippen molar-refractivity contribution in [1.82, 2.24) is 15.1 Å². The minimum Gasteiger partial charge on any atom is -0.486 e. The van der Waals surface area contributed by atoms with Crippen molar-refractivity contribution in [2.45, 2.75) is 19.4 Å². The fraction of sp³-hybridized carbons (Fsp3) is 0.526. The lowest BCUT2D eigenvalue weighted by atomic mass is 9.98. The summed E-state index contributed by atoms with van der Waals surface area (Å²) in [6.07, 6.45) is 4.42. The van der Waals surface area contributed by atoms with E-state index in [1.54, 1.807) is 7.11 Å². The highest BCUT2D eigenvalue weighted by atomic mass is 16.6. The zero-order valence-electron chi connectivity index (χ0n) is 14.7. The zero-order valence-corrected chi connectivity index (χ0v) is 14.7. The Balaban J connectivity index is 1.51. The van der Waals surface area contributed by atoms with E-state index in [9.17, 15) is 0 Å². The number of H-pyrrole nitrogens is 1. The predicted octanol–water partition coefficient (Wildman–Crippen LogP) is 2.71. The minimum absolute atomic E-state index is 0.598. The number of nitrogens with zero attached hydrogens (tertiary/aromatic N) is 2. The Kier molecular flexibility index (Phi) is 4.90. The van der Waals surface area contributed by atoms with E-state index in [4.69, 9.17) is 14.2 Å². The van der Waals surface area contributed by atoms with Gasteiger partial charge in [0.1, 0.15) is 13.2 Å². The van der Waals surface area contributed by atoms with Crippen LogP contribution < -0.4 is 9.47 Å². The number of rotatable bonds is 5. The molecule has 2 aliphatic rings. The van der Waals surface area contributed by atoms with E-state index in [0.29, 0.717) is 19.1 Å².